The van der Waals surface area contributed by atoms with Gasteiger partial charge in [-0.25, -0.2) is 0 Å². The van der Waals surface area contributed by atoms with Gasteiger partial charge in [0.2, 0.25) is 0 Å². The molecule has 0 spiro atoms. The van der Waals surface area contributed by atoms with Crippen molar-refractivity contribution >= 4 is 0 Å². The Morgan fingerprint density at radius 3 is 3.12 bits per heavy atom. The highest BCUT2D eigenvalue weighted by molar-refractivity contribution is 5.14. The fourth-order valence-electron chi connectivity index (χ4n) is 2.41. The number of aryl methyl sites for hydroxylation is 1. The predicted molar refractivity (Wildman–Crippen MR) is 65.4 cm³/mol. The number of piperidine rings is 1. The van der Waals surface area contributed by atoms with Crippen LogP contribution in [0.2, 0.25) is 0 Å². The molecule has 90 valence electrons. The zero-order chi connectivity index (χ0) is 11.4. The molecule has 1 aromatic rings. The number of hydrogen-bond acceptors (Lipinski definition) is 3. The first-order valence-corrected chi connectivity index (χ1v) is 6.18. The molecule has 1 atom stereocenters. The van der Waals surface area contributed by atoms with Gasteiger partial charge >= 0.3 is 0 Å². The first-order valence-electron chi connectivity index (χ1n) is 6.18. The highest BCUT2D eigenvalue weighted by atomic mass is 16.3. The van der Waals surface area contributed by atoms with Crippen LogP contribution >= 0.6 is 0 Å². The summed E-state index contributed by atoms with van der Waals surface area (Å²) in [5.74, 6) is 1.87. The molecular weight excluding hydrogens is 200 g/mol. The van der Waals surface area contributed by atoms with Gasteiger partial charge in [0.25, 0.3) is 0 Å². The van der Waals surface area contributed by atoms with Gasteiger partial charge in [0.05, 0.1) is 12.8 Å². The van der Waals surface area contributed by atoms with E-state index in [0.717, 1.165) is 24.8 Å². The van der Waals surface area contributed by atoms with Gasteiger partial charge in [0.1, 0.15) is 5.76 Å². The Hall–Kier alpha value is -0.800. The van der Waals surface area contributed by atoms with Crippen molar-refractivity contribution in [2.45, 2.75) is 26.3 Å². The average Bonchev–Trinajstić information content (AvgIpc) is 2.65. The summed E-state index contributed by atoms with van der Waals surface area (Å²) in [6, 6.07) is 2.02. The molecule has 0 bridgehead atoms. The highest BCUT2D eigenvalue weighted by Crippen LogP contribution is 2.14. The maximum absolute atomic E-state index is 5.40. The standard InChI is InChI=1S/C13H22N2O/c1-11-5-7-16-13(11)9-14-8-12-4-3-6-15(2)10-12/h5,7,12,14H,3-4,6,8-10H2,1-2H3. The molecule has 0 aromatic carbocycles. The average molecular weight is 222 g/mol. The zero-order valence-corrected chi connectivity index (χ0v) is 10.3. The van der Waals surface area contributed by atoms with Crippen LogP contribution < -0.4 is 5.32 Å². The van der Waals surface area contributed by atoms with Gasteiger partial charge in [-0.1, -0.05) is 0 Å². The van der Waals surface area contributed by atoms with Gasteiger partial charge in [0, 0.05) is 6.54 Å². The van der Waals surface area contributed by atoms with Crippen LogP contribution in [0.5, 0.6) is 0 Å². The summed E-state index contributed by atoms with van der Waals surface area (Å²) >= 11 is 0. The van der Waals surface area contributed by atoms with Crippen LogP contribution in [0, 0.1) is 12.8 Å². The van der Waals surface area contributed by atoms with Crippen molar-refractivity contribution in [2.24, 2.45) is 5.92 Å². The molecule has 3 heteroatoms. The molecule has 1 aliphatic rings. The summed E-state index contributed by atoms with van der Waals surface area (Å²) in [5.41, 5.74) is 1.24. The Balaban J connectivity index is 1.70. The first-order chi connectivity index (χ1) is 7.75. The maximum Gasteiger partial charge on any atom is 0.120 e. The van der Waals surface area contributed by atoms with Gasteiger partial charge in [-0.05, 0) is 57.5 Å². The van der Waals surface area contributed by atoms with E-state index in [1.165, 1.54) is 31.5 Å². The highest BCUT2D eigenvalue weighted by Gasteiger charge is 2.16. The molecule has 2 heterocycles. The lowest BCUT2D eigenvalue weighted by Gasteiger charge is -2.29. The first kappa shape index (κ1) is 11.7. The maximum atomic E-state index is 5.40. The van der Waals surface area contributed by atoms with Crippen molar-refractivity contribution in [1.29, 1.82) is 0 Å². The Bertz CT molecular complexity index is 321. The van der Waals surface area contributed by atoms with Crippen molar-refractivity contribution in [3.63, 3.8) is 0 Å². The van der Waals surface area contributed by atoms with Crippen LogP contribution in [0.25, 0.3) is 0 Å². The van der Waals surface area contributed by atoms with Crippen molar-refractivity contribution in [3.05, 3.63) is 23.7 Å². The molecule has 2 rings (SSSR count). The van der Waals surface area contributed by atoms with E-state index in [9.17, 15) is 0 Å². The van der Waals surface area contributed by atoms with Gasteiger partial charge < -0.3 is 14.6 Å². The van der Waals surface area contributed by atoms with Gasteiger partial charge in [-0.15, -0.1) is 0 Å². The second-order valence-electron chi connectivity index (χ2n) is 4.93. The van der Waals surface area contributed by atoms with Crippen molar-refractivity contribution in [2.75, 3.05) is 26.7 Å². The number of furan rings is 1. The Morgan fingerprint density at radius 2 is 2.44 bits per heavy atom. The summed E-state index contributed by atoms with van der Waals surface area (Å²) in [7, 11) is 2.21. The number of likely N-dealkylation sites (tertiary alicyclic amines) is 1. The number of nitrogens with zero attached hydrogens (tertiary/aromatic N) is 1. The van der Waals surface area contributed by atoms with E-state index in [1.807, 2.05) is 6.07 Å². The van der Waals surface area contributed by atoms with Crippen molar-refractivity contribution < 1.29 is 4.42 Å². The van der Waals surface area contributed by atoms with E-state index in [1.54, 1.807) is 6.26 Å². The second-order valence-corrected chi connectivity index (χ2v) is 4.93. The van der Waals surface area contributed by atoms with Crippen molar-refractivity contribution in [1.82, 2.24) is 10.2 Å². The largest absolute Gasteiger partial charge is 0.468 e. The van der Waals surface area contributed by atoms with Crippen molar-refractivity contribution in [3.8, 4) is 0 Å². The molecule has 0 amide bonds. The summed E-state index contributed by atoms with van der Waals surface area (Å²) in [6.45, 7) is 6.54. The van der Waals surface area contributed by atoms with E-state index in [0.29, 0.717) is 0 Å². The van der Waals surface area contributed by atoms with Crippen LogP contribution in [0.3, 0.4) is 0 Å². The fourth-order valence-corrected chi connectivity index (χ4v) is 2.41. The Kier molecular flexibility index (Phi) is 4.02. The third kappa shape index (κ3) is 3.09. The van der Waals surface area contributed by atoms with Crippen LogP contribution in [-0.2, 0) is 6.54 Å². The summed E-state index contributed by atoms with van der Waals surface area (Å²) < 4.78 is 5.40. The molecule has 16 heavy (non-hydrogen) atoms. The van der Waals surface area contributed by atoms with E-state index >= 15 is 0 Å². The third-order valence-corrected chi connectivity index (χ3v) is 3.41. The summed E-state index contributed by atoms with van der Waals surface area (Å²) in [5, 5.41) is 3.50. The number of hydrogen-bond donors (Lipinski definition) is 1. The lowest BCUT2D eigenvalue weighted by Crippen LogP contribution is -2.37. The lowest BCUT2D eigenvalue weighted by atomic mass is 9.98. The minimum Gasteiger partial charge on any atom is -0.468 e. The van der Waals surface area contributed by atoms with Crippen LogP contribution in [0.15, 0.2) is 16.7 Å². The molecule has 0 aliphatic carbocycles. The van der Waals surface area contributed by atoms with E-state index in [4.69, 9.17) is 4.42 Å². The second kappa shape index (κ2) is 5.51. The monoisotopic (exact) mass is 222 g/mol. The minimum absolute atomic E-state index is 0.800. The zero-order valence-electron chi connectivity index (χ0n) is 10.3. The molecule has 1 aliphatic heterocycles. The van der Waals surface area contributed by atoms with Gasteiger partial charge in [-0.2, -0.15) is 0 Å². The molecule has 3 nitrogen and oxygen atoms in total. The molecule has 1 unspecified atom stereocenters. The molecular formula is C13H22N2O. The number of rotatable bonds is 4. The topological polar surface area (TPSA) is 28.4 Å². The Labute approximate surface area is 97.8 Å². The molecule has 1 N–H and O–H groups in total. The van der Waals surface area contributed by atoms with Gasteiger partial charge in [-0.3, -0.25) is 0 Å². The third-order valence-electron chi connectivity index (χ3n) is 3.41. The fraction of sp³-hybridized carbons (Fsp3) is 0.692. The molecule has 0 saturated carbocycles. The smallest absolute Gasteiger partial charge is 0.120 e. The lowest BCUT2D eigenvalue weighted by molar-refractivity contribution is 0.205. The number of nitrogens with one attached hydrogen (secondary N) is 1. The van der Waals surface area contributed by atoms with Crippen LogP contribution in [0.1, 0.15) is 24.2 Å². The Morgan fingerprint density at radius 1 is 1.56 bits per heavy atom. The normalized spacial score (nSPS) is 22.5. The quantitative estimate of drug-likeness (QED) is 0.845. The summed E-state index contributed by atoms with van der Waals surface area (Å²) in [4.78, 5) is 2.42. The molecule has 1 saturated heterocycles. The molecule has 1 aromatic heterocycles. The summed E-state index contributed by atoms with van der Waals surface area (Å²) in [6.07, 6.45) is 4.46. The predicted octanol–water partition coefficient (Wildman–Crippen LogP) is 2.02. The van der Waals surface area contributed by atoms with Crippen LogP contribution in [0.4, 0.5) is 0 Å². The minimum atomic E-state index is 0.800. The molecule has 1 fully saturated rings. The van der Waals surface area contributed by atoms with E-state index in [2.05, 4.69) is 24.2 Å². The van der Waals surface area contributed by atoms with Gasteiger partial charge in [0.15, 0.2) is 0 Å². The SMILES string of the molecule is Cc1ccoc1CNCC1CCCN(C)C1. The van der Waals surface area contributed by atoms with Crippen LogP contribution in [-0.4, -0.2) is 31.6 Å². The van der Waals surface area contributed by atoms with E-state index in [-0.39, 0.29) is 0 Å². The molecule has 0 radical (unpaired) electrons. The van der Waals surface area contributed by atoms with E-state index < -0.39 is 0 Å².